The van der Waals surface area contributed by atoms with Crippen molar-refractivity contribution >= 4 is 23.0 Å². The first-order chi connectivity index (χ1) is 10.1. The molecule has 106 valence electrons. The number of anilines is 3. The third-order valence-electron chi connectivity index (χ3n) is 2.92. The van der Waals surface area contributed by atoms with Gasteiger partial charge in [-0.2, -0.15) is 5.26 Å². The highest BCUT2D eigenvalue weighted by Gasteiger charge is 2.08. The van der Waals surface area contributed by atoms with Crippen LogP contribution in [0.1, 0.15) is 22.8 Å². The van der Waals surface area contributed by atoms with Crippen LogP contribution >= 0.6 is 0 Å². The average Bonchev–Trinajstić information content (AvgIpc) is 2.50. The van der Waals surface area contributed by atoms with Crippen molar-refractivity contribution in [2.45, 2.75) is 6.92 Å². The molecule has 0 saturated carbocycles. The fourth-order valence-electron chi connectivity index (χ4n) is 1.89. The topological polar surface area (TPSA) is 90.9 Å². The molecule has 0 aliphatic heterocycles. The highest BCUT2D eigenvalue weighted by atomic mass is 16.1. The summed E-state index contributed by atoms with van der Waals surface area (Å²) in [6.45, 7) is 2.43. The first-order valence-corrected chi connectivity index (χ1v) is 6.59. The smallest absolute Gasteiger partial charge is 0.251 e. The molecule has 0 spiro atoms. The summed E-state index contributed by atoms with van der Waals surface area (Å²) in [7, 11) is 0. The van der Waals surface area contributed by atoms with E-state index in [4.69, 9.17) is 11.0 Å². The maximum Gasteiger partial charge on any atom is 0.251 e. The Morgan fingerprint density at radius 3 is 2.81 bits per heavy atom. The lowest BCUT2D eigenvalue weighted by Gasteiger charge is -2.11. The van der Waals surface area contributed by atoms with E-state index in [-0.39, 0.29) is 5.91 Å². The van der Waals surface area contributed by atoms with Crippen LogP contribution in [-0.2, 0) is 0 Å². The van der Waals surface area contributed by atoms with Gasteiger partial charge in [-0.3, -0.25) is 4.79 Å². The number of nitriles is 1. The molecule has 0 aliphatic rings. The van der Waals surface area contributed by atoms with E-state index in [9.17, 15) is 4.79 Å². The third kappa shape index (κ3) is 3.51. The highest BCUT2D eigenvalue weighted by molar-refractivity contribution is 5.96. The summed E-state index contributed by atoms with van der Waals surface area (Å²) < 4.78 is 0. The fraction of sp³-hybridized carbons (Fsp3) is 0.125. The molecule has 5 nitrogen and oxygen atoms in total. The number of rotatable bonds is 4. The second-order valence-electron chi connectivity index (χ2n) is 4.48. The van der Waals surface area contributed by atoms with E-state index in [0.29, 0.717) is 29.0 Å². The molecule has 0 saturated heterocycles. The van der Waals surface area contributed by atoms with Gasteiger partial charge in [-0.25, -0.2) is 0 Å². The van der Waals surface area contributed by atoms with Crippen LogP contribution in [0.2, 0.25) is 0 Å². The minimum atomic E-state index is -0.147. The molecule has 0 bridgehead atoms. The van der Waals surface area contributed by atoms with Gasteiger partial charge in [0.2, 0.25) is 0 Å². The molecule has 0 aliphatic carbocycles. The van der Waals surface area contributed by atoms with Crippen molar-refractivity contribution in [3.8, 4) is 6.07 Å². The maximum atomic E-state index is 11.8. The van der Waals surface area contributed by atoms with E-state index < -0.39 is 0 Å². The quantitative estimate of drug-likeness (QED) is 0.751. The summed E-state index contributed by atoms with van der Waals surface area (Å²) in [5.74, 6) is -0.147. The van der Waals surface area contributed by atoms with Gasteiger partial charge in [-0.1, -0.05) is 6.07 Å². The molecule has 2 aromatic rings. The number of nitrogens with two attached hydrogens (primary N) is 1. The zero-order valence-electron chi connectivity index (χ0n) is 11.7. The summed E-state index contributed by atoms with van der Waals surface area (Å²) in [6, 6.07) is 14.2. The Morgan fingerprint density at radius 2 is 2.10 bits per heavy atom. The minimum Gasteiger partial charge on any atom is -0.397 e. The van der Waals surface area contributed by atoms with Crippen LogP contribution in [0.15, 0.2) is 42.5 Å². The number of amides is 1. The number of benzene rings is 2. The second kappa shape index (κ2) is 6.44. The van der Waals surface area contributed by atoms with Gasteiger partial charge >= 0.3 is 0 Å². The predicted molar refractivity (Wildman–Crippen MR) is 83.3 cm³/mol. The molecule has 1 amide bonds. The van der Waals surface area contributed by atoms with Crippen LogP contribution in [-0.4, -0.2) is 12.5 Å². The number of nitrogen functional groups attached to an aromatic ring is 1. The summed E-state index contributed by atoms with van der Waals surface area (Å²) in [6.07, 6.45) is 0. The van der Waals surface area contributed by atoms with E-state index in [2.05, 4.69) is 16.7 Å². The monoisotopic (exact) mass is 280 g/mol. The zero-order chi connectivity index (χ0) is 15.2. The van der Waals surface area contributed by atoms with Crippen molar-refractivity contribution in [3.63, 3.8) is 0 Å². The van der Waals surface area contributed by atoms with Crippen molar-refractivity contribution < 1.29 is 4.79 Å². The van der Waals surface area contributed by atoms with E-state index in [1.807, 2.05) is 13.0 Å². The van der Waals surface area contributed by atoms with E-state index in [0.717, 1.165) is 5.69 Å². The van der Waals surface area contributed by atoms with Crippen molar-refractivity contribution in [2.75, 3.05) is 17.6 Å². The predicted octanol–water partition coefficient (Wildman–Crippen LogP) is 2.63. The van der Waals surface area contributed by atoms with Crippen molar-refractivity contribution in [1.82, 2.24) is 5.32 Å². The largest absolute Gasteiger partial charge is 0.397 e. The molecular formula is C16H16N4O. The Morgan fingerprint density at radius 1 is 1.29 bits per heavy atom. The number of carbonyl (C=O) groups is 1. The Kier molecular flexibility index (Phi) is 4.42. The SMILES string of the molecule is CCNC(=O)c1ccc(N)c(Nc2cccc(C#N)c2)c1. The summed E-state index contributed by atoms with van der Waals surface area (Å²) >= 11 is 0. The second-order valence-corrected chi connectivity index (χ2v) is 4.48. The standard InChI is InChI=1S/C16H16N4O/c1-2-19-16(21)12-6-7-14(18)15(9-12)20-13-5-3-4-11(8-13)10-17/h3-9,20H,2,18H2,1H3,(H,19,21). The van der Waals surface area contributed by atoms with Crippen LogP contribution in [0.25, 0.3) is 0 Å². The Labute approximate surface area is 123 Å². The van der Waals surface area contributed by atoms with Gasteiger partial charge in [0.25, 0.3) is 5.91 Å². The first-order valence-electron chi connectivity index (χ1n) is 6.59. The average molecular weight is 280 g/mol. The summed E-state index contributed by atoms with van der Waals surface area (Å²) in [5, 5.41) is 14.8. The Bertz CT molecular complexity index is 704. The van der Waals surface area contributed by atoms with Gasteiger partial charge in [0.05, 0.1) is 23.0 Å². The maximum absolute atomic E-state index is 11.8. The molecule has 0 unspecified atom stereocenters. The molecule has 2 rings (SSSR count). The number of nitrogens with one attached hydrogen (secondary N) is 2. The van der Waals surface area contributed by atoms with E-state index in [1.54, 1.807) is 36.4 Å². The van der Waals surface area contributed by atoms with Crippen LogP contribution in [0.4, 0.5) is 17.1 Å². The van der Waals surface area contributed by atoms with Crippen molar-refractivity contribution in [1.29, 1.82) is 5.26 Å². The molecule has 0 fully saturated rings. The van der Waals surface area contributed by atoms with Gasteiger partial charge in [-0.05, 0) is 43.3 Å². The van der Waals surface area contributed by atoms with Crippen LogP contribution in [0.3, 0.4) is 0 Å². The highest BCUT2D eigenvalue weighted by Crippen LogP contribution is 2.25. The molecule has 0 radical (unpaired) electrons. The lowest BCUT2D eigenvalue weighted by Crippen LogP contribution is -2.22. The van der Waals surface area contributed by atoms with Crippen molar-refractivity contribution in [3.05, 3.63) is 53.6 Å². The summed E-state index contributed by atoms with van der Waals surface area (Å²) in [4.78, 5) is 11.8. The molecule has 0 heterocycles. The first kappa shape index (κ1) is 14.4. The van der Waals surface area contributed by atoms with Gasteiger partial charge < -0.3 is 16.4 Å². The van der Waals surface area contributed by atoms with Gasteiger partial charge in [0, 0.05) is 17.8 Å². The number of hydrogen-bond donors (Lipinski definition) is 3. The molecule has 0 aromatic heterocycles. The normalized spacial score (nSPS) is 9.71. The lowest BCUT2D eigenvalue weighted by atomic mass is 10.1. The molecule has 5 heteroatoms. The minimum absolute atomic E-state index is 0.147. The Balaban J connectivity index is 2.28. The van der Waals surface area contributed by atoms with Gasteiger partial charge in [0.1, 0.15) is 0 Å². The molecule has 2 aromatic carbocycles. The molecule has 0 atom stereocenters. The van der Waals surface area contributed by atoms with Crippen LogP contribution < -0.4 is 16.4 Å². The summed E-state index contributed by atoms with van der Waals surface area (Å²) in [5.41, 5.74) is 8.92. The number of hydrogen-bond acceptors (Lipinski definition) is 4. The Hall–Kier alpha value is -3.00. The fourth-order valence-corrected chi connectivity index (χ4v) is 1.89. The van der Waals surface area contributed by atoms with Crippen molar-refractivity contribution in [2.24, 2.45) is 0 Å². The molecule has 21 heavy (non-hydrogen) atoms. The van der Waals surface area contributed by atoms with E-state index >= 15 is 0 Å². The lowest BCUT2D eigenvalue weighted by molar-refractivity contribution is 0.0956. The zero-order valence-corrected chi connectivity index (χ0v) is 11.7. The number of nitrogens with zero attached hydrogens (tertiary/aromatic N) is 1. The third-order valence-corrected chi connectivity index (χ3v) is 2.92. The van der Waals surface area contributed by atoms with Crippen LogP contribution in [0, 0.1) is 11.3 Å². The number of carbonyl (C=O) groups excluding carboxylic acids is 1. The van der Waals surface area contributed by atoms with E-state index in [1.165, 1.54) is 0 Å². The van der Waals surface area contributed by atoms with Crippen LogP contribution in [0.5, 0.6) is 0 Å². The molecule has 4 N–H and O–H groups in total. The van der Waals surface area contributed by atoms with Gasteiger partial charge in [0.15, 0.2) is 0 Å². The molecular weight excluding hydrogens is 264 g/mol. The van der Waals surface area contributed by atoms with Gasteiger partial charge in [-0.15, -0.1) is 0 Å².